The number of benzene rings is 3. The van der Waals surface area contributed by atoms with E-state index in [-0.39, 0.29) is 23.3 Å². The molecule has 0 spiro atoms. The van der Waals surface area contributed by atoms with Gasteiger partial charge in [0.1, 0.15) is 24.1 Å². The minimum atomic E-state index is -4.16. The van der Waals surface area contributed by atoms with Crippen LogP contribution in [0.15, 0.2) is 77.7 Å². The molecule has 0 aliphatic carbocycles. The van der Waals surface area contributed by atoms with Crippen molar-refractivity contribution in [3.8, 4) is 11.5 Å². The van der Waals surface area contributed by atoms with Crippen molar-refractivity contribution in [3.63, 3.8) is 0 Å². The highest BCUT2D eigenvalue weighted by atomic mass is 32.2. The van der Waals surface area contributed by atoms with Crippen LogP contribution < -0.4 is 19.1 Å². The number of rotatable bonds is 14. The molecule has 3 aromatic rings. The molecule has 2 amide bonds. The molecule has 0 radical (unpaired) electrons. The predicted octanol–water partition coefficient (Wildman–Crippen LogP) is 4.79. The lowest BCUT2D eigenvalue weighted by atomic mass is 10.1. The number of amides is 2. The molecule has 0 aliphatic rings. The van der Waals surface area contributed by atoms with Gasteiger partial charge >= 0.3 is 0 Å². The van der Waals surface area contributed by atoms with Crippen LogP contribution in [-0.4, -0.2) is 58.5 Å². The lowest BCUT2D eigenvalue weighted by molar-refractivity contribution is -0.140. The third-order valence-electron chi connectivity index (χ3n) is 6.83. The normalized spacial score (nSPS) is 12.0. The topological polar surface area (TPSA) is 105 Å². The molecule has 226 valence electrons. The molecule has 0 aliphatic heterocycles. The number of hydrogen-bond acceptors (Lipinski definition) is 6. The maximum atomic E-state index is 14.1. The Hall–Kier alpha value is -4.05. The Kier molecular flexibility index (Phi) is 11.4. The number of ether oxygens (including phenoxy) is 2. The zero-order valence-corrected chi connectivity index (χ0v) is 26.0. The Morgan fingerprint density at radius 2 is 1.40 bits per heavy atom. The van der Waals surface area contributed by atoms with Gasteiger partial charge < -0.3 is 19.7 Å². The summed E-state index contributed by atoms with van der Waals surface area (Å²) < 4.78 is 39.5. The largest absolute Gasteiger partial charge is 0.497 e. The Morgan fingerprint density at radius 3 is 1.90 bits per heavy atom. The van der Waals surface area contributed by atoms with Gasteiger partial charge in [0.2, 0.25) is 11.8 Å². The first-order chi connectivity index (χ1) is 20.0. The van der Waals surface area contributed by atoms with E-state index in [2.05, 4.69) is 5.32 Å². The molecule has 3 rings (SSSR count). The van der Waals surface area contributed by atoms with E-state index in [9.17, 15) is 18.0 Å². The summed E-state index contributed by atoms with van der Waals surface area (Å²) in [6.07, 6.45) is 0.349. The molecule has 0 fully saturated rings. The molecule has 10 heteroatoms. The molecule has 1 N–H and O–H groups in total. The molecular weight excluding hydrogens is 554 g/mol. The summed E-state index contributed by atoms with van der Waals surface area (Å²) in [4.78, 5) is 28.9. The van der Waals surface area contributed by atoms with Crippen molar-refractivity contribution in [1.82, 2.24) is 10.2 Å². The van der Waals surface area contributed by atoms with Gasteiger partial charge in [0.15, 0.2) is 0 Å². The van der Waals surface area contributed by atoms with Crippen LogP contribution in [0, 0.1) is 12.8 Å². The van der Waals surface area contributed by atoms with E-state index in [1.165, 1.54) is 24.1 Å². The molecule has 3 aromatic carbocycles. The Morgan fingerprint density at radius 1 is 0.857 bits per heavy atom. The van der Waals surface area contributed by atoms with E-state index in [0.717, 1.165) is 15.4 Å². The van der Waals surface area contributed by atoms with E-state index < -0.39 is 28.5 Å². The SMILES string of the molecule is CCC(C(=O)NCC(C)C)N(Cc1ccc(OC)cc1)C(=O)CN(c1ccc(C)cc1)S(=O)(=O)c1ccc(OC)cc1. The minimum absolute atomic E-state index is 0.0140. The van der Waals surface area contributed by atoms with Crippen molar-refractivity contribution in [3.05, 3.63) is 83.9 Å². The first-order valence-electron chi connectivity index (χ1n) is 13.9. The van der Waals surface area contributed by atoms with Crippen LogP contribution in [0.5, 0.6) is 11.5 Å². The zero-order chi connectivity index (χ0) is 30.9. The van der Waals surface area contributed by atoms with E-state index in [0.29, 0.717) is 30.2 Å². The number of hydrogen-bond donors (Lipinski definition) is 1. The number of sulfonamides is 1. The second-order valence-corrected chi connectivity index (χ2v) is 12.3. The van der Waals surface area contributed by atoms with Crippen molar-refractivity contribution in [1.29, 1.82) is 0 Å². The van der Waals surface area contributed by atoms with Gasteiger partial charge in [0, 0.05) is 13.1 Å². The molecule has 1 unspecified atom stereocenters. The fourth-order valence-electron chi connectivity index (χ4n) is 4.38. The zero-order valence-electron chi connectivity index (χ0n) is 25.2. The fourth-order valence-corrected chi connectivity index (χ4v) is 5.80. The molecule has 0 aromatic heterocycles. The van der Waals surface area contributed by atoms with Gasteiger partial charge in [-0.1, -0.05) is 50.6 Å². The van der Waals surface area contributed by atoms with Crippen molar-refractivity contribution in [2.45, 2.75) is 51.6 Å². The molecule has 0 saturated carbocycles. The van der Waals surface area contributed by atoms with Gasteiger partial charge in [-0.15, -0.1) is 0 Å². The highest BCUT2D eigenvalue weighted by Gasteiger charge is 2.33. The van der Waals surface area contributed by atoms with Gasteiger partial charge in [-0.05, 0) is 73.4 Å². The number of aryl methyl sites for hydroxylation is 1. The van der Waals surface area contributed by atoms with Crippen molar-refractivity contribution >= 4 is 27.5 Å². The fraction of sp³-hybridized carbons (Fsp3) is 0.375. The van der Waals surface area contributed by atoms with Gasteiger partial charge in [-0.2, -0.15) is 0 Å². The third-order valence-corrected chi connectivity index (χ3v) is 8.62. The van der Waals surface area contributed by atoms with Crippen LogP contribution in [0.2, 0.25) is 0 Å². The summed E-state index contributed by atoms with van der Waals surface area (Å²) in [5.41, 5.74) is 2.06. The van der Waals surface area contributed by atoms with Crippen LogP contribution in [0.4, 0.5) is 5.69 Å². The number of anilines is 1. The van der Waals surface area contributed by atoms with Crippen molar-refractivity contribution in [2.24, 2.45) is 5.92 Å². The number of methoxy groups -OCH3 is 2. The number of nitrogens with one attached hydrogen (secondary N) is 1. The van der Waals surface area contributed by atoms with E-state index >= 15 is 0 Å². The minimum Gasteiger partial charge on any atom is -0.497 e. The molecule has 0 saturated heterocycles. The van der Waals surface area contributed by atoms with E-state index in [4.69, 9.17) is 9.47 Å². The molecular formula is C32H41N3O6S. The second kappa shape index (κ2) is 14.7. The Labute approximate surface area is 249 Å². The number of nitrogens with zero attached hydrogens (tertiary/aromatic N) is 2. The van der Waals surface area contributed by atoms with Crippen LogP contribution in [0.1, 0.15) is 38.3 Å². The molecule has 42 heavy (non-hydrogen) atoms. The standard InChI is InChI=1S/C32H41N3O6S/c1-7-30(32(37)33-20-23(2)3)34(21-25-10-14-27(40-5)15-11-25)31(36)22-35(26-12-8-24(4)9-13-26)42(38,39)29-18-16-28(41-6)17-19-29/h8-19,23,30H,7,20-22H2,1-6H3,(H,33,37). The van der Waals surface area contributed by atoms with Gasteiger partial charge in [-0.3, -0.25) is 13.9 Å². The monoisotopic (exact) mass is 595 g/mol. The average Bonchev–Trinajstić information content (AvgIpc) is 2.99. The number of carbonyl (C=O) groups is 2. The highest BCUT2D eigenvalue weighted by Crippen LogP contribution is 2.26. The van der Waals surface area contributed by atoms with Crippen LogP contribution >= 0.6 is 0 Å². The summed E-state index contributed by atoms with van der Waals surface area (Å²) in [7, 11) is -1.09. The molecule has 0 bridgehead atoms. The maximum Gasteiger partial charge on any atom is 0.264 e. The van der Waals surface area contributed by atoms with Crippen LogP contribution in [0.3, 0.4) is 0 Å². The summed E-state index contributed by atoms with van der Waals surface area (Å²) in [5, 5.41) is 2.93. The van der Waals surface area contributed by atoms with Crippen LogP contribution in [0.25, 0.3) is 0 Å². The first-order valence-corrected chi connectivity index (χ1v) is 15.4. The van der Waals surface area contributed by atoms with Crippen molar-refractivity contribution in [2.75, 3.05) is 31.6 Å². The summed E-state index contributed by atoms with van der Waals surface area (Å²) in [5.74, 6) is 0.608. The van der Waals surface area contributed by atoms with Gasteiger partial charge in [0.25, 0.3) is 10.0 Å². The summed E-state index contributed by atoms with van der Waals surface area (Å²) in [6, 6.07) is 19.3. The Bertz CT molecular complexity index is 1420. The molecule has 1 atom stereocenters. The first kappa shape index (κ1) is 32.5. The van der Waals surface area contributed by atoms with E-state index in [1.54, 1.807) is 55.6 Å². The Balaban J connectivity index is 2.04. The highest BCUT2D eigenvalue weighted by molar-refractivity contribution is 7.92. The summed E-state index contributed by atoms with van der Waals surface area (Å²) >= 11 is 0. The van der Waals surface area contributed by atoms with Crippen molar-refractivity contribution < 1.29 is 27.5 Å². The maximum absolute atomic E-state index is 14.1. The quantitative estimate of drug-likeness (QED) is 0.288. The average molecular weight is 596 g/mol. The second-order valence-electron chi connectivity index (χ2n) is 10.5. The van der Waals surface area contributed by atoms with Crippen LogP contribution in [-0.2, 0) is 26.2 Å². The lowest BCUT2D eigenvalue weighted by Gasteiger charge is -2.33. The third kappa shape index (κ3) is 8.25. The van der Waals surface area contributed by atoms with E-state index in [1.807, 2.05) is 39.8 Å². The lowest BCUT2D eigenvalue weighted by Crippen LogP contribution is -2.52. The predicted molar refractivity (Wildman–Crippen MR) is 164 cm³/mol. The van der Waals surface area contributed by atoms with Gasteiger partial charge in [0.05, 0.1) is 24.8 Å². The molecule has 9 nitrogen and oxygen atoms in total. The van der Waals surface area contributed by atoms with Gasteiger partial charge in [-0.25, -0.2) is 8.42 Å². The summed E-state index contributed by atoms with van der Waals surface area (Å²) in [6.45, 7) is 7.79. The smallest absolute Gasteiger partial charge is 0.264 e. The number of carbonyl (C=O) groups excluding carboxylic acids is 2. The molecule has 0 heterocycles.